The number of aliphatic hydroxyl groups is 1. The number of nitrogens with zero attached hydrogens (tertiary/aromatic N) is 3. The van der Waals surface area contributed by atoms with Crippen molar-refractivity contribution in [3.05, 3.63) is 82.3 Å². The van der Waals surface area contributed by atoms with Gasteiger partial charge in [-0.15, -0.1) is 0 Å². The van der Waals surface area contributed by atoms with E-state index in [9.17, 15) is 23.1 Å². The van der Waals surface area contributed by atoms with E-state index in [1.54, 1.807) is 18.2 Å². The summed E-state index contributed by atoms with van der Waals surface area (Å²) >= 11 is 0. The van der Waals surface area contributed by atoms with Crippen LogP contribution in [0.1, 0.15) is 69.9 Å². The molecule has 0 radical (unpaired) electrons. The van der Waals surface area contributed by atoms with Crippen LogP contribution in [-0.4, -0.2) is 31.7 Å². The molecule has 10 heteroatoms. The third-order valence-electron chi connectivity index (χ3n) is 7.33. The van der Waals surface area contributed by atoms with E-state index in [2.05, 4.69) is 31.7 Å². The van der Waals surface area contributed by atoms with Crippen LogP contribution >= 0.6 is 0 Å². The van der Waals surface area contributed by atoms with Gasteiger partial charge in [-0.2, -0.15) is 13.2 Å². The summed E-state index contributed by atoms with van der Waals surface area (Å²) in [4.78, 5) is 21.5. The van der Waals surface area contributed by atoms with E-state index in [4.69, 9.17) is 5.73 Å². The Morgan fingerprint density at radius 3 is 2.45 bits per heavy atom. The number of alkyl halides is 3. The van der Waals surface area contributed by atoms with Crippen LogP contribution in [0.15, 0.2) is 48.9 Å². The summed E-state index contributed by atoms with van der Waals surface area (Å²) < 4.78 is 42.0. The Kier molecular flexibility index (Phi) is 7.25. The molecule has 7 nitrogen and oxygen atoms in total. The number of hydrogen-bond acceptors (Lipinski definition) is 5. The van der Waals surface area contributed by atoms with Crippen molar-refractivity contribution < 1.29 is 23.1 Å². The van der Waals surface area contributed by atoms with Crippen molar-refractivity contribution in [2.24, 2.45) is 0 Å². The number of aliphatic hydroxyl groups excluding tert-OH is 1. The van der Waals surface area contributed by atoms with Gasteiger partial charge < -0.3 is 20.7 Å². The van der Waals surface area contributed by atoms with E-state index < -0.39 is 17.6 Å². The van der Waals surface area contributed by atoms with Crippen LogP contribution in [0.4, 0.5) is 24.7 Å². The molecule has 1 aliphatic rings. The number of fused-ring (bicyclic) bond motifs is 1. The lowest BCUT2D eigenvalue weighted by molar-refractivity contribution is -0.138. The van der Waals surface area contributed by atoms with Gasteiger partial charge in [-0.25, -0.2) is 9.97 Å². The summed E-state index contributed by atoms with van der Waals surface area (Å²) in [5.41, 5.74) is 8.54. The summed E-state index contributed by atoms with van der Waals surface area (Å²) in [5.74, 6) is 6.05. The second-order valence-corrected chi connectivity index (χ2v) is 10.1. The van der Waals surface area contributed by atoms with E-state index in [0.717, 1.165) is 24.5 Å². The molecule has 0 unspecified atom stereocenters. The third kappa shape index (κ3) is 5.51. The summed E-state index contributed by atoms with van der Waals surface area (Å²) in [5, 5.41) is 13.1. The SMILES string of the molecule is Cc1ccc(C(=O)Nc2ccc(C)c(C(F)(F)F)c2)cc1C#Cc1cn(C2CCC(O)CC2)c2ncnc(N)c12. The molecule has 5 rings (SSSR count). The molecule has 0 bridgehead atoms. The number of nitrogens with one attached hydrogen (secondary N) is 1. The van der Waals surface area contributed by atoms with Gasteiger partial charge in [0.25, 0.3) is 5.91 Å². The van der Waals surface area contributed by atoms with Crippen LogP contribution in [0.3, 0.4) is 0 Å². The maximum Gasteiger partial charge on any atom is 0.416 e. The largest absolute Gasteiger partial charge is 0.416 e. The summed E-state index contributed by atoms with van der Waals surface area (Å²) in [6.07, 6.45) is 1.55. The smallest absolute Gasteiger partial charge is 0.393 e. The number of nitrogens with two attached hydrogens (primary N) is 1. The molecule has 206 valence electrons. The Morgan fingerprint density at radius 1 is 1.02 bits per heavy atom. The van der Waals surface area contributed by atoms with Crippen molar-refractivity contribution in [3.63, 3.8) is 0 Å². The fraction of sp³-hybridized carbons (Fsp3) is 0.300. The van der Waals surface area contributed by atoms with E-state index in [1.165, 1.54) is 25.4 Å². The van der Waals surface area contributed by atoms with Crippen LogP contribution in [0.25, 0.3) is 11.0 Å². The molecule has 0 atom stereocenters. The maximum absolute atomic E-state index is 13.3. The number of halogens is 3. The first-order valence-corrected chi connectivity index (χ1v) is 12.9. The van der Waals surface area contributed by atoms with Crippen LogP contribution in [0.2, 0.25) is 0 Å². The zero-order valence-corrected chi connectivity index (χ0v) is 22.0. The highest BCUT2D eigenvalue weighted by atomic mass is 19.4. The van der Waals surface area contributed by atoms with E-state index in [0.29, 0.717) is 40.8 Å². The van der Waals surface area contributed by atoms with Crippen molar-refractivity contribution in [3.8, 4) is 11.8 Å². The molecule has 1 aliphatic carbocycles. The highest BCUT2D eigenvalue weighted by Gasteiger charge is 2.32. The average Bonchev–Trinajstić information content (AvgIpc) is 3.29. The molecule has 0 saturated heterocycles. The standard InChI is InChI=1S/C30H28F3N5O2/c1-17-3-5-20(29(40)37-22-8-4-18(2)25(14-22)30(31,32)33)13-19(17)6-7-21-15-38(23-9-11-24(39)12-10-23)28-26(21)27(34)35-16-36-28/h3-5,8,13-16,23-24,39H,9-12H2,1-2H3,(H,37,40)(H2,34,35,36). The Labute approximate surface area is 229 Å². The number of benzene rings is 2. The molecule has 0 aliphatic heterocycles. The van der Waals surface area contributed by atoms with Crippen LogP contribution < -0.4 is 11.1 Å². The molecule has 2 heterocycles. The van der Waals surface area contributed by atoms with Gasteiger partial charge in [0.1, 0.15) is 17.8 Å². The monoisotopic (exact) mass is 547 g/mol. The maximum atomic E-state index is 13.3. The fourth-order valence-corrected chi connectivity index (χ4v) is 5.06. The first-order valence-electron chi connectivity index (χ1n) is 12.9. The number of amides is 1. The zero-order chi connectivity index (χ0) is 28.6. The van der Waals surface area contributed by atoms with Crippen molar-refractivity contribution in [1.29, 1.82) is 0 Å². The molecule has 1 fully saturated rings. The minimum Gasteiger partial charge on any atom is -0.393 e. The Morgan fingerprint density at radius 2 is 1.73 bits per heavy atom. The fourth-order valence-electron chi connectivity index (χ4n) is 5.06. The first kappa shape index (κ1) is 27.2. The molecule has 4 N–H and O–H groups in total. The minimum absolute atomic E-state index is 0.0506. The van der Waals surface area contributed by atoms with Crippen molar-refractivity contribution >= 4 is 28.4 Å². The predicted octanol–water partition coefficient (Wildman–Crippen LogP) is 5.78. The van der Waals surface area contributed by atoms with Gasteiger partial charge in [-0.3, -0.25) is 4.79 Å². The average molecular weight is 548 g/mol. The highest BCUT2D eigenvalue weighted by Crippen LogP contribution is 2.35. The first-order chi connectivity index (χ1) is 19.0. The third-order valence-corrected chi connectivity index (χ3v) is 7.33. The van der Waals surface area contributed by atoms with Crippen LogP contribution in [0, 0.1) is 25.7 Å². The molecule has 2 aromatic carbocycles. The summed E-state index contributed by atoms with van der Waals surface area (Å²) in [6, 6.07) is 8.80. The minimum atomic E-state index is -4.52. The lowest BCUT2D eigenvalue weighted by Crippen LogP contribution is -2.20. The van der Waals surface area contributed by atoms with E-state index in [1.807, 2.05) is 13.1 Å². The van der Waals surface area contributed by atoms with Crippen LogP contribution in [0.5, 0.6) is 0 Å². The van der Waals surface area contributed by atoms with E-state index in [-0.39, 0.29) is 29.0 Å². The number of hydrogen-bond donors (Lipinski definition) is 3. The number of nitrogen functional groups attached to an aromatic ring is 1. The molecule has 1 saturated carbocycles. The van der Waals surface area contributed by atoms with Crippen molar-refractivity contribution in [1.82, 2.24) is 14.5 Å². The second kappa shape index (κ2) is 10.7. The molecule has 1 amide bonds. The van der Waals surface area contributed by atoms with Gasteiger partial charge in [-0.05, 0) is 74.9 Å². The molecule has 0 spiro atoms. The van der Waals surface area contributed by atoms with Gasteiger partial charge in [0.2, 0.25) is 0 Å². The molecule has 40 heavy (non-hydrogen) atoms. The topological polar surface area (TPSA) is 106 Å². The number of rotatable bonds is 3. The highest BCUT2D eigenvalue weighted by molar-refractivity contribution is 6.04. The van der Waals surface area contributed by atoms with Crippen molar-refractivity contribution in [2.75, 3.05) is 11.1 Å². The van der Waals surface area contributed by atoms with Gasteiger partial charge in [-0.1, -0.05) is 24.0 Å². The summed E-state index contributed by atoms with van der Waals surface area (Å²) in [6.45, 7) is 3.23. The molecule has 4 aromatic rings. The van der Waals surface area contributed by atoms with Crippen LogP contribution in [-0.2, 0) is 6.18 Å². The number of aryl methyl sites for hydroxylation is 2. The quantitative estimate of drug-likeness (QED) is 0.282. The normalized spacial score (nSPS) is 17.4. The second-order valence-electron chi connectivity index (χ2n) is 10.1. The lowest BCUT2D eigenvalue weighted by atomic mass is 9.93. The number of carbonyl (C=O) groups is 1. The van der Waals surface area contributed by atoms with Gasteiger partial charge >= 0.3 is 6.18 Å². The Balaban J connectivity index is 1.45. The number of aromatic nitrogens is 3. The van der Waals surface area contributed by atoms with Crippen molar-refractivity contribution in [2.45, 2.75) is 57.9 Å². The summed E-state index contributed by atoms with van der Waals surface area (Å²) in [7, 11) is 0. The number of carbonyl (C=O) groups excluding carboxylic acids is 1. The lowest BCUT2D eigenvalue weighted by Gasteiger charge is -2.26. The predicted molar refractivity (Wildman–Crippen MR) is 147 cm³/mol. The Hall–Kier alpha value is -4.36. The van der Waals surface area contributed by atoms with Gasteiger partial charge in [0.05, 0.1) is 22.6 Å². The molecule has 2 aromatic heterocycles. The van der Waals surface area contributed by atoms with Gasteiger partial charge in [0, 0.05) is 29.1 Å². The van der Waals surface area contributed by atoms with E-state index >= 15 is 0 Å². The Bertz CT molecular complexity index is 1660. The molecular formula is C30H28F3N5O2. The zero-order valence-electron chi connectivity index (χ0n) is 22.0. The number of anilines is 2. The molecular weight excluding hydrogens is 519 g/mol. The van der Waals surface area contributed by atoms with Gasteiger partial charge in [0.15, 0.2) is 0 Å².